The van der Waals surface area contributed by atoms with Crippen molar-refractivity contribution in [2.24, 2.45) is 0 Å². The molecule has 23 heavy (non-hydrogen) atoms. The lowest BCUT2D eigenvalue weighted by molar-refractivity contribution is 0.103. The molecule has 0 unspecified atom stereocenters. The van der Waals surface area contributed by atoms with Crippen molar-refractivity contribution < 1.29 is 14.3 Å². The van der Waals surface area contributed by atoms with E-state index in [2.05, 4.69) is 11.9 Å². The molecule has 0 aromatic heterocycles. The number of halogens is 1. The van der Waals surface area contributed by atoms with Crippen molar-refractivity contribution in [3.8, 4) is 11.5 Å². The van der Waals surface area contributed by atoms with Crippen LogP contribution in [0, 0.1) is 0 Å². The van der Waals surface area contributed by atoms with Crippen molar-refractivity contribution in [1.29, 1.82) is 0 Å². The molecule has 0 amide bonds. The Labute approximate surface area is 140 Å². The van der Waals surface area contributed by atoms with Crippen LogP contribution in [0.4, 0.5) is 5.69 Å². The summed E-state index contributed by atoms with van der Waals surface area (Å²) in [5, 5.41) is 3.62. The van der Waals surface area contributed by atoms with Gasteiger partial charge in [0.05, 0.1) is 19.8 Å². The first-order chi connectivity index (χ1) is 11.1. The Morgan fingerprint density at radius 3 is 2.65 bits per heavy atom. The second-order valence-corrected chi connectivity index (χ2v) is 5.17. The largest absolute Gasteiger partial charge is 0.493 e. The molecule has 2 aromatic rings. The summed E-state index contributed by atoms with van der Waals surface area (Å²) < 4.78 is 10.6. The molecule has 1 N–H and O–H groups in total. The summed E-state index contributed by atoms with van der Waals surface area (Å²) in [6.45, 7) is 4.20. The number of carbonyl (C=O) groups excluding carboxylic acids is 1. The van der Waals surface area contributed by atoms with Crippen LogP contribution in [0.5, 0.6) is 11.5 Å². The normalized spacial score (nSPS) is 10.0. The topological polar surface area (TPSA) is 47.6 Å². The zero-order chi connectivity index (χ0) is 16.8. The number of hydrogen-bond acceptors (Lipinski definition) is 4. The van der Waals surface area contributed by atoms with Gasteiger partial charge in [-0.15, -0.1) is 6.58 Å². The van der Waals surface area contributed by atoms with E-state index >= 15 is 0 Å². The van der Waals surface area contributed by atoms with Gasteiger partial charge in [0.25, 0.3) is 0 Å². The van der Waals surface area contributed by atoms with E-state index in [-0.39, 0.29) is 5.78 Å². The SMILES string of the molecule is C=CCNc1ccc(Cl)cc1C(=O)c1cccc(OC)c1OC. The molecular formula is C18H18ClNO3. The van der Waals surface area contributed by atoms with Gasteiger partial charge in [0.2, 0.25) is 0 Å². The summed E-state index contributed by atoms with van der Waals surface area (Å²) in [5.41, 5.74) is 1.56. The number of nitrogens with one attached hydrogen (secondary N) is 1. The summed E-state index contributed by atoms with van der Waals surface area (Å²) in [6.07, 6.45) is 1.72. The van der Waals surface area contributed by atoms with Gasteiger partial charge in [-0.3, -0.25) is 4.79 Å². The molecule has 0 spiro atoms. The molecule has 2 aromatic carbocycles. The van der Waals surface area contributed by atoms with Crippen LogP contribution < -0.4 is 14.8 Å². The highest BCUT2D eigenvalue weighted by molar-refractivity contribution is 6.31. The fourth-order valence-corrected chi connectivity index (χ4v) is 2.42. The number of rotatable bonds is 7. The van der Waals surface area contributed by atoms with Crippen molar-refractivity contribution >= 4 is 23.1 Å². The van der Waals surface area contributed by atoms with Crippen LogP contribution in [0.3, 0.4) is 0 Å². The van der Waals surface area contributed by atoms with Gasteiger partial charge in [-0.25, -0.2) is 0 Å². The smallest absolute Gasteiger partial charge is 0.199 e. The highest BCUT2D eigenvalue weighted by Crippen LogP contribution is 2.34. The second kappa shape index (κ2) is 7.70. The minimum Gasteiger partial charge on any atom is -0.493 e. The molecule has 5 heteroatoms. The minimum atomic E-state index is -0.199. The fourth-order valence-electron chi connectivity index (χ4n) is 2.25. The maximum Gasteiger partial charge on any atom is 0.199 e. The lowest BCUT2D eigenvalue weighted by Gasteiger charge is -2.14. The van der Waals surface area contributed by atoms with Crippen LogP contribution in [0.2, 0.25) is 5.02 Å². The maximum atomic E-state index is 13.0. The Kier molecular flexibility index (Phi) is 5.66. The van der Waals surface area contributed by atoms with E-state index in [1.165, 1.54) is 14.2 Å². The molecule has 2 rings (SSSR count). The number of hydrogen-bond donors (Lipinski definition) is 1. The van der Waals surface area contributed by atoms with Crippen LogP contribution in [-0.4, -0.2) is 26.5 Å². The lowest BCUT2D eigenvalue weighted by Crippen LogP contribution is -2.09. The third-order valence-electron chi connectivity index (χ3n) is 3.31. The average molecular weight is 332 g/mol. The van der Waals surface area contributed by atoms with Gasteiger partial charge in [-0.1, -0.05) is 23.7 Å². The van der Waals surface area contributed by atoms with Gasteiger partial charge in [0.1, 0.15) is 0 Å². The summed E-state index contributed by atoms with van der Waals surface area (Å²) in [4.78, 5) is 13.0. The Balaban J connectivity index is 2.52. The van der Waals surface area contributed by atoms with E-state index in [0.29, 0.717) is 39.9 Å². The first kappa shape index (κ1) is 16.9. The molecule has 0 aliphatic heterocycles. The zero-order valence-corrected chi connectivity index (χ0v) is 13.8. The summed E-state index contributed by atoms with van der Waals surface area (Å²) in [7, 11) is 3.03. The third kappa shape index (κ3) is 3.66. The molecule has 0 atom stereocenters. The van der Waals surface area contributed by atoms with Crippen LogP contribution >= 0.6 is 11.6 Å². The second-order valence-electron chi connectivity index (χ2n) is 4.73. The molecule has 0 saturated heterocycles. The van der Waals surface area contributed by atoms with Gasteiger partial charge in [0.15, 0.2) is 17.3 Å². The highest BCUT2D eigenvalue weighted by atomic mass is 35.5. The van der Waals surface area contributed by atoms with E-state index < -0.39 is 0 Å². The number of ketones is 1. The van der Waals surface area contributed by atoms with Crippen molar-refractivity contribution in [3.05, 3.63) is 65.2 Å². The summed E-state index contributed by atoms with van der Waals surface area (Å²) >= 11 is 6.06. The van der Waals surface area contributed by atoms with Gasteiger partial charge >= 0.3 is 0 Å². The number of methoxy groups -OCH3 is 2. The Morgan fingerprint density at radius 1 is 1.22 bits per heavy atom. The van der Waals surface area contributed by atoms with Gasteiger partial charge in [-0.2, -0.15) is 0 Å². The van der Waals surface area contributed by atoms with Crippen molar-refractivity contribution in [2.45, 2.75) is 0 Å². The standard InChI is InChI=1S/C18H18ClNO3/c1-4-10-20-15-9-8-12(19)11-14(15)17(21)13-6-5-7-16(22-2)18(13)23-3/h4-9,11,20H,1,10H2,2-3H3. The predicted octanol–water partition coefficient (Wildman–Crippen LogP) is 4.19. The number of anilines is 1. The zero-order valence-electron chi connectivity index (χ0n) is 13.1. The van der Waals surface area contributed by atoms with E-state index in [1.54, 1.807) is 42.5 Å². The molecule has 0 radical (unpaired) electrons. The molecule has 0 saturated carbocycles. The molecule has 0 heterocycles. The van der Waals surface area contributed by atoms with Crippen LogP contribution in [-0.2, 0) is 0 Å². The first-order valence-electron chi connectivity index (χ1n) is 7.02. The van der Waals surface area contributed by atoms with E-state index in [1.807, 2.05) is 0 Å². The maximum absolute atomic E-state index is 13.0. The number of ether oxygens (including phenoxy) is 2. The first-order valence-corrected chi connectivity index (χ1v) is 7.40. The number of carbonyl (C=O) groups is 1. The third-order valence-corrected chi connectivity index (χ3v) is 3.55. The van der Waals surface area contributed by atoms with Crippen LogP contribution in [0.1, 0.15) is 15.9 Å². The Hall–Kier alpha value is -2.46. The summed E-state index contributed by atoms with van der Waals surface area (Å²) in [5.74, 6) is 0.699. The average Bonchev–Trinajstić information content (AvgIpc) is 2.59. The molecule has 0 fully saturated rings. The van der Waals surface area contributed by atoms with Gasteiger partial charge in [-0.05, 0) is 30.3 Å². The molecule has 0 bridgehead atoms. The Morgan fingerprint density at radius 2 is 2.00 bits per heavy atom. The van der Waals surface area contributed by atoms with E-state index in [0.717, 1.165) is 0 Å². The molecule has 0 aliphatic carbocycles. The van der Waals surface area contributed by atoms with Gasteiger partial charge < -0.3 is 14.8 Å². The van der Waals surface area contributed by atoms with E-state index in [4.69, 9.17) is 21.1 Å². The minimum absolute atomic E-state index is 0.199. The molecule has 4 nitrogen and oxygen atoms in total. The van der Waals surface area contributed by atoms with Crippen LogP contribution in [0.15, 0.2) is 49.1 Å². The molecule has 120 valence electrons. The predicted molar refractivity (Wildman–Crippen MR) is 93.1 cm³/mol. The molecule has 0 aliphatic rings. The van der Waals surface area contributed by atoms with Crippen LogP contribution in [0.25, 0.3) is 0 Å². The van der Waals surface area contributed by atoms with Gasteiger partial charge in [0, 0.05) is 22.8 Å². The van der Waals surface area contributed by atoms with Crippen molar-refractivity contribution in [3.63, 3.8) is 0 Å². The summed E-state index contributed by atoms with van der Waals surface area (Å²) in [6, 6.07) is 10.3. The lowest BCUT2D eigenvalue weighted by atomic mass is 10.00. The number of para-hydroxylation sites is 1. The highest BCUT2D eigenvalue weighted by Gasteiger charge is 2.20. The molecular weight excluding hydrogens is 314 g/mol. The monoisotopic (exact) mass is 331 g/mol. The van der Waals surface area contributed by atoms with Crippen molar-refractivity contribution in [2.75, 3.05) is 26.1 Å². The quantitative estimate of drug-likeness (QED) is 0.610. The number of benzene rings is 2. The van der Waals surface area contributed by atoms with E-state index in [9.17, 15) is 4.79 Å². The van der Waals surface area contributed by atoms with Crippen molar-refractivity contribution in [1.82, 2.24) is 0 Å². The Bertz CT molecular complexity index is 728. The fraction of sp³-hybridized carbons (Fsp3) is 0.167.